The molecule has 2 heteroatoms. The Kier molecular flexibility index (Phi) is 3.68. The third-order valence-electron chi connectivity index (χ3n) is 2.85. The fourth-order valence-electron chi connectivity index (χ4n) is 2.08. The van der Waals surface area contributed by atoms with Crippen LogP contribution in [0.15, 0.2) is 80.0 Å². The number of benzene rings is 1. The fourth-order valence-corrected chi connectivity index (χ4v) is 2.08. The molecule has 2 rings (SSSR count). The van der Waals surface area contributed by atoms with Gasteiger partial charge >= 0.3 is 0 Å². The summed E-state index contributed by atoms with van der Waals surface area (Å²) < 4.78 is 11.1. The second kappa shape index (κ2) is 5.41. The summed E-state index contributed by atoms with van der Waals surface area (Å²) in [6.07, 6.45) is 9.50. The molecular formula is C16H16O2. The molecule has 0 heterocycles. The Morgan fingerprint density at radius 3 is 2.56 bits per heavy atom. The first-order valence-electron chi connectivity index (χ1n) is 5.82. The van der Waals surface area contributed by atoms with Crippen LogP contribution < -0.4 is 0 Å². The smallest absolute Gasteiger partial charge is 0.158 e. The molecule has 1 atom stereocenters. The van der Waals surface area contributed by atoms with Crippen molar-refractivity contribution in [2.45, 2.75) is 12.0 Å². The molecule has 0 saturated carbocycles. The highest BCUT2D eigenvalue weighted by atomic mass is 16.5. The van der Waals surface area contributed by atoms with E-state index in [1.165, 1.54) is 12.5 Å². The van der Waals surface area contributed by atoms with Crippen LogP contribution >= 0.6 is 0 Å². The summed E-state index contributed by atoms with van der Waals surface area (Å²) in [6, 6.07) is 10.0. The first kappa shape index (κ1) is 12.2. The lowest BCUT2D eigenvalue weighted by Crippen LogP contribution is -2.27. The van der Waals surface area contributed by atoms with Crippen molar-refractivity contribution in [1.29, 1.82) is 0 Å². The summed E-state index contributed by atoms with van der Waals surface area (Å²) in [5.74, 6) is 0.724. The molecule has 1 aliphatic rings. The Bertz CT molecular complexity index is 481. The van der Waals surface area contributed by atoms with Crippen molar-refractivity contribution in [2.75, 3.05) is 0 Å². The predicted octanol–water partition coefficient (Wildman–Crippen LogP) is 4.05. The summed E-state index contributed by atoms with van der Waals surface area (Å²) in [4.78, 5) is 0. The summed E-state index contributed by atoms with van der Waals surface area (Å²) in [5, 5.41) is 0. The van der Waals surface area contributed by atoms with Crippen molar-refractivity contribution in [3.05, 3.63) is 85.6 Å². The van der Waals surface area contributed by atoms with Crippen LogP contribution in [0, 0.1) is 0 Å². The van der Waals surface area contributed by atoms with E-state index < -0.39 is 5.60 Å². The van der Waals surface area contributed by atoms with E-state index in [-0.39, 0.29) is 0 Å². The quantitative estimate of drug-likeness (QED) is 0.723. The molecule has 0 spiro atoms. The molecule has 0 N–H and O–H groups in total. The summed E-state index contributed by atoms with van der Waals surface area (Å²) in [5.41, 5.74) is 0.523. The minimum absolute atomic E-state index is 0.546. The predicted molar refractivity (Wildman–Crippen MR) is 72.5 cm³/mol. The first-order chi connectivity index (χ1) is 8.80. The maximum absolute atomic E-state index is 5.76. The van der Waals surface area contributed by atoms with Crippen molar-refractivity contribution in [3.8, 4) is 0 Å². The second-order valence-electron chi connectivity index (χ2n) is 3.98. The largest absolute Gasteiger partial charge is 0.486 e. The molecule has 18 heavy (non-hydrogen) atoms. The first-order valence-corrected chi connectivity index (χ1v) is 5.82. The molecular weight excluding hydrogens is 224 g/mol. The van der Waals surface area contributed by atoms with Crippen molar-refractivity contribution < 1.29 is 9.47 Å². The normalized spacial score (nSPS) is 21.9. The highest BCUT2D eigenvalue weighted by molar-refractivity contribution is 5.35. The van der Waals surface area contributed by atoms with Gasteiger partial charge in [-0.1, -0.05) is 49.6 Å². The van der Waals surface area contributed by atoms with Gasteiger partial charge in [-0.3, -0.25) is 0 Å². The van der Waals surface area contributed by atoms with Gasteiger partial charge in [0.15, 0.2) is 5.60 Å². The Labute approximate surface area is 108 Å². The molecule has 0 radical (unpaired) electrons. The van der Waals surface area contributed by atoms with E-state index in [1.807, 2.05) is 48.6 Å². The number of rotatable bonds is 5. The molecule has 0 aliphatic heterocycles. The SMILES string of the molecule is C=COC1=CC(OC=C)(c2ccccc2)CC=C1. The minimum Gasteiger partial charge on any atom is -0.486 e. The van der Waals surface area contributed by atoms with Crippen LogP contribution in [-0.2, 0) is 15.1 Å². The van der Waals surface area contributed by atoms with Crippen molar-refractivity contribution in [3.63, 3.8) is 0 Å². The Morgan fingerprint density at radius 2 is 1.89 bits per heavy atom. The maximum atomic E-state index is 5.76. The molecule has 0 amide bonds. The summed E-state index contributed by atoms with van der Waals surface area (Å²) in [7, 11) is 0. The van der Waals surface area contributed by atoms with Crippen LogP contribution in [0.2, 0.25) is 0 Å². The molecule has 0 bridgehead atoms. The molecule has 1 aromatic carbocycles. The molecule has 0 fully saturated rings. The van der Waals surface area contributed by atoms with Gasteiger partial charge in [0.2, 0.25) is 0 Å². The molecule has 1 unspecified atom stereocenters. The number of hydrogen-bond donors (Lipinski definition) is 0. The van der Waals surface area contributed by atoms with Crippen LogP contribution in [0.4, 0.5) is 0 Å². The third-order valence-corrected chi connectivity index (χ3v) is 2.85. The van der Waals surface area contributed by atoms with E-state index in [4.69, 9.17) is 9.47 Å². The Morgan fingerprint density at radius 1 is 1.11 bits per heavy atom. The third kappa shape index (κ3) is 2.38. The van der Waals surface area contributed by atoms with Gasteiger partial charge in [-0.2, -0.15) is 0 Å². The number of hydrogen-bond acceptors (Lipinski definition) is 2. The second-order valence-corrected chi connectivity index (χ2v) is 3.98. The van der Waals surface area contributed by atoms with Crippen LogP contribution in [0.25, 0.3) is 0 Å². The van der Waals surface area contributed by atoms with Gasteiger partial charge < -0.3 is 9.47 Å². The Balaban J connectivity index is 2.42. The Hall–Kier alpha value is -2.22. The zero-order valence-corrected chi connectivity index (χ0v) is 10.2. The van der Waals surface area contributed by atoms with E-state index in [1.54, 1.807) is 0 Å². The summed E-state index contributed by atoms with van der Waals surface area (Å²) in [6.45, 7) is 7.22. The highest BCUT2D eigenvalue weighted by Gasteiger charge is 2.32. The van der Waals surface area contributed by atoms with Crippen molar-refractivity contribution in [1.82, 2.24) is 0 Å². The van der Waals surface area contributed by atoms with Gasteiger partial charge in [0.05, 0.1) is 12.5 Å². The van der Waals surface area contributed by atoms with Crippen LogP contribution in [0.5, 0.6) is 0 Å². The zero-order valence-electron chi connectivity index (χ0n) is 10.2. The van der Waals surface area contributed by atoms with Gasteiger partial charge in [-0.15, -0.1) is 0 Å². The summed E-state index contributed by atoms with van der Waals surface area (Å²) >= 11 is 0. The lowest BCUT2D eigenvalue weighted by atomic mass is 9.86. The molecule has 92 valence electrons. The van der Waals surface area contributed by atoms with Gasteiger partial charge in [-0.05, 0) is 11.6 Å². The van der Waals surface area contributed by atoms with E-state index >= 15 is 0 Å². The maximum Gasteiger partial charge on any atom is 0.158 e. The minimum atomic E-state index is -0.546. The van der Waals surface area contributed by atoms with Gasteiger partial charge in [0.25, 0.3) is 0 Å². The monoisotopic (exact) mass is 240 g/mol. The molecule has 0 aromatic heterocycles. The van der Waals surface area contributed by atoms with Crippen LogP contribution in [-0.4, -0.2) is 0 Å². The zero-order chi connectivity index (χ0) is 12.8. The van der Waals surface area contributed by atoms with E-state index in [0.29, 0.717) is 0 Å². The highest BCUT2D eigenvalue weighted by Crippen LogP contribution is 2.36. The van der Waals surface area contributed by atoms with E-state index in [9.17, 15) is 0 Å². The number of ether oxygens (including phenoxy) is 2. The molecule has 2 nitrogen and oxygen atoms in total. The topological polar surface area (TPSA) is 18.5 Å². The van der Waals surface area contributed by atoms with Crippen molar-refractivity contribution >= 4 is 0 Å². The fraction of sp³-hybridized carbons (Fsp3) is 0.125. The van der Waals surface area contributed by atoms with Gasteiger partial charge in [0.1, 0.15) is 5.76 Å². The lowest BCUT2D eigenvalue weighted by Gasteiger charge is -2.32. The standard InChI is InChI=1S/C16H16O2/c1-3-17-15-11-8-12-16(13-15,18-4-2)14-9-6-5-7-10-14/h3-11,13H,1-2,12H2. The van der Waals surface area contributed by atoms with Gasteiger partial charge in [-0.25, -0.2) is 0 Å². The van der Waals surface area contributed by atoms with E-state index in [2.05, 4.69) is 13.2 Å². The van der Waals surface area contributed by atoms with Crippen molar-refractivity contribution in [2.24, 2.45) is 0 Å². The molecule has 1 aliphatic carbocycles. The van der Waals surface area contributed by atoms with Crippen LogP contribution in [0.1, 0.15) is 12.0 Å². The average Bonchev–Trinajstić information content (AvgIpc) is 2.41. The lowest BCUT2D eigenvalue weighted by molar-refractivity contribution is 0.0638. The van der Waals surface area contributed by atoms with Gasteiger partial charge in [0, 0.05) is 12.5 Å². The molecule has 1 aromatic rings. The average molecular weight is 240 g/mol. The molecule has 0 saturated heterocycles. The van der Waals surface area contributed by atoms with E-state index in [0.717, 1.165) is 17.7 Å². The van der Waals surface area contributed by atoms with Crippen LogP contribution in [0.3, 0.4) is 0 Å². The number of allylic oxidation sites excluding steroid dienone is 1.